The molecule has 1 aliphatic rings. The van der Waals surface area contributed by atoms with Gasteiger partial charge < -0.3 is 15.5 Å². The number of rotatable bonds is 6. The first-order valence-corrected chi connectivity index (χ1v) is 9.97. The topological polar surface area (TPSA) is 78.5 Å². The average molecular weight is 434 g/mol. The van der Waals surface area contributed by atoms with Crippen LogP contribution < -0.4 is 10.6 Å². The Morgan fingerprint density at radius 3 is 2.62 bits per heavy atom. The average Bonchev–Trinajstić information content (AvgIpc) is 3.10. The van der Waals surface area contributed by atoms with E-state index in [-0.39, 0.29) is 30.8 Å². The molecule has 1 saturated heterocycles. The summed E-state index contributed by atoms with van der Waals surface area (Å²) in [7, 11) is 0. The summed E-state index contributed by atoms with van der Waals surface area (Å²) >= 11 is 11.9. The fraction of sp³-hybridized carbons (Fsp3) is 0.286. The van der Waals surface area contributed by atoms with Gasteiger partial charge in [-0.1, -0.05) is 53.5 Å². The third-order valence-corrected chi connectivity index (χ3v) is 5.47. The second-order valence-electron chi connectivity index (χ2n) is 6.92. The molecule has 2 N–H and O–H groups in total. The first kappa shape index (κ1) is 21.1. The smallest absolute Gasteiger partial charge is 0.243 e. The Kier molecular flexibility index (Phi) is 6.77. The highest BCUT2D eigenvalue weighted by atomic mass is 35.5. The van der Waals surface area contributed by atoms with E-state index in [1.165, 1.54) is 6.07 Å². The van der Waals surface area contributed by atoms with Crippen molar-refractivity contribution in [1.29, 1.82) is 0 Å². The van der Waals surface area contributed by atoms with Crippen molar-refractivity contribution in [3.8, 4) is 0 Å². The molecule has 1 fully saturated rings. The minimum atomic E-state index is -0.490. The Bertz CT molecular complexity index is 921. The lowest BCUT2D eigenvalue weighted by Gasteiger charge is -2.25. The molecule has 2 aromatic rings. The van der Waals surface area contributed by atoms with Crippen LogP contribution in [0.1, 0.15) is 24.9 Å². The van der Waals surface area contributed by atoms with Gasteiger partial charge in [-0.05, 0) is 30.7 Å². The number of hydrogen-bond acceptors (Lipinski definition) is 3. The van der Waals surface area contributed by atoms with Crippen LogP contribution >= 0.6 is 23.2 Å². The van der Waals surface area contributed by atoms with Crippen molar-refractivity contribution >= 4 is 46.6 Å². The van der Waals surface area contributed by atoms with Gasteiger partial charge in [-0.25, -0.2) is 0 Å². The van der Waals surface area contributed by atoms with Gasteiger partial charge in [-0.15, -0.1) is 0 Å². The van der Waals surface area contributed by atoms with Gasteiger partial charge in [-0.3, -0.25) is 14.4 Å². The minimum Gasteiger partial charge on any atom is -0.347 e. The molecule has 29 heavy (non-hydrogen) atoms. The third-order valence-electron chi connectivity index (χ3n) is 4.90. The lowest BCUT2D eigenvalue weighted by molar-refractivity contribution is -0.130. The summed E-state index contributed by atoms with van der Waals surface area (Å²) in [4.78, 5) is 38.7. The number of halogens is 2. The molecule has 1 aliphatic heterocycles. The molecule has 6 nitrogen and oxygen atoms in total. The van der Waals surface area contributed by atoms with Gasteiger partial charge in [-0.2, -0.15) is 0 Å². The van der Waals surface area contributed by atoms with E-state index < -0.39 is 11.8 Å². The highest BCUT2D eigenvalue weighted by molar-refractivity contribution is 6.35. The number of carbonyl (C=O) groups excluding carboxylic acids is 3. The number of nitrogens with one attached hydrogen (secondary N) is 2. The largest absolute Gasteiger partial charge is 0.347 e. The predicted molar refractivity (Wildman–Crippen MR) is 113 cm³/mol. The monoisotopic (exact) mass is 433 g/mol. The Morgan fingerprint density at radius 2 is 1.90 bits per heavy atom. The number of benzene rings is 2. The molecular weight excluding hydrogens is 413 g/mol. The highest BCUT2D eigenvalue weighted by Gasteiger charge is 2.37. The molecule has 1 heterocycles. The van der Waals surface area contributed by atoms with E-state index in [0.717, 1.165) is 5.56 Å². The van der Waals surface area contributed by atoms with Crippen LogP contribution in [0.3, 0.4) is 0 Å². The van der Waals surface area contributed by atoms with E-state index in [1.54, 1.807) is 17.0 Å². The third kappa shape index (κ3) is 5.28. The van der Waals surface area contributed by atoms with E-state index in [2.05, 4.69) is 10.6 Å². The summed E-state index contributed by atoms with van der Waals surface area (Å²) < 4.78 is 0. The molecule has 8 heteroatoms. The Morgan fingerprint density at radius 1 is 1.17 bits per heavy atom. The predicted octanol–water partition coefficient (Wildman–Crippen LogP) is 3.66. The van der Waals surface area contributed by atoms with Gasteiger partial charge in [0.15, 0.2) is 0 Å². The SMILES string of the molecule is C[C@H](c1ccccc1)N1C[C@H](C(=O)NCC(=O)Nc2cc(Cl)ccc2Cl)CC1=O. The van der Waals surface area contributed by atoms with Crippen molar-refractivity contribution < 1.29 is 14.4 Å². The maximum atomic E-state index is 12.5. The number of nitrogens with zero attached hydrogens (tertiary/aromatic N) is 1. The first-order valence-electron chi connectivity index (χ1n) is 9.22. The van der Waals surface area contributed by atoms with E-state index in [0.29, 0.717) is 22.3 Å². The molecule has 0 spiro atoms. The van der Waals surface area contributed by atoms with Crippen LogP contribution in [0.15, 0.2) is 48.5 Å². The summed E-state index contributed by atoms with van der Waals surface area (Å²) in [6.07, 6.45) is 0.130. The number of hydrogen-bond donors (Lipinski definition) is 2. The quantitative estimate of drug-likeness (QED) is 0.729. The molecule has 2 atom stereocenters. The molecular formula is C21H21Cl2N3O3. The molecule has 2 aromatic carbocycles. The molecule has 0 radical (unpaired) electrons. The molecule has 152 valence electrons. The van der Waals surface area contributed by atoms with Crippen LogP contribution in [0.2, 0.25) is 10.0 Å². The van der Waals surface area contributed by atoms with Crippen LogP contribution in [0, 0.1) is 5.92 Å². The van der Waals surface area contributed by atoms with Crippen molar-refractivity contribution in [1.82, 2.24) is 10.2 Å². The molecule has 3 rings (SSSR count). The zero-order valence-electron chi connectivity index (χ0n) is 15.8. The number of likely N-dealkylation sites (tertiary alicyclic amines) is 1. The van der Waals surface area contributed by atoms with Gasteiger partial charge in [0.2, 0.25) is 17.7 Å². The van der Waals surface area contributed by atoms with E-state index >= 15 is 0 Å². The Hall–Kier alpha value is -2.57. The van der Waals surface area contributed by atoms with Gasteiger partial charge in [0.25, 0.3) is 0 Å². The first-order chi connectivity index (χ1) is 13.8. The van der Waals surface area contributed by atoms with Gasteiger partial charge in [0.05, 0.1) is 29.2 Å². The van der Waals surface area contributed by atoms with E-state index in [4.69, 9.17) is 23.2 Å². The fourth-order valence-electron chi connectivity index (χ4n) is 3.29. The summed E-state index contributed by atoms with van der Waals surface area (Å²) in [6, 6.07) is 14.3. The Balaban J connectivity index is 1.53. The summed E-state index contributed by atoms with van der Waals surface area (Å²) in [6.45, 7) is 2.04. The zero-order chi connectivity index (χ0) is 21.0. The minimum absolute atomic E-state index is 0.0725. The van der Waals surface area contributed by atoms with Crippen LogP contribution in [0.25, 0.3) is 0 Å². The van der Waals surface area contributed by atoms with Crippen LogP contribution in [-0.4, -0.2) is 35.7 Å². The van der Waals surface area contributed by atoms with Gasteiger partial charge in [0, 0.05) is 18.0 Å². The van der Waals surface area contributed by atoms with Crippen LogP contribution in [-0.2, 0) is 14.4 Å². The lowest BCUT2D eigenvalue weighted by Crippen LogP contribution is -2.38. The van der Waals surface area contributed by atoms with Crippen molar-refractivity contribution in [3.63, 3.8) is 0 Å². The maximum Gasteiger partial charge on any atom is 0.243 e. The number of amides is 3. The second-order valence-corrected chi connectivity index (χ2v) is 7.77. The number of anilines is 1. The number of carbonyl (C=O) groups is 3. The van der Waals surface area contributed by atoms with E-state index in [9.17, 15) is 14.4 Å². The lowest BCUT2D eigenvalue weighted by atomic mass is 10.1. The zero-order valence-corrected chi connectivity index (χ0v) is 17.3. The molecule has 3 amide bonds. The van der Waals surface area contributed by atoms with Gasteiger partial charge >= 0.3 is 0 Å². The second kappa shape index (κ2) is 9.29. The standard InChI is InChI=1S/C21H21Cl2N3O3/c1-13(14-5-3-2-4-6-14)26-12-15(9-20(26)28)21(29)24-11-19(27)25-18-10-16(22)7-8-17(18)23/h2-8,10,13,15H,9,11-12H2,1H3,(H,24,29)(H,25,27)/t13-,15-/m1/s1. The van der Waals surface area contributed by atoms with Crippen molar-refractivity contribution in [2.75, 3.05) is 18.4 Å². The van der Waals surface area contributed by atoms with Gasteiger partial charge in [0.1, 0.15) is 0 Å². The van der Waals surface area contributed by atoms with Crippen molar-refractivity contribution in [2.45, 2.75) is 19.4 Å². The molecule has 0 unspecified atom stereocenters. The van der Waals surface area contributed by atoms with E-state index in [1.807, 2.05) is 37.3 Å². The fourth-order valence-corrected chi connectivity index (χ4v) is 3.63. The Labute approximate surface area is 179 Å². The molecule has 0 bridgehead atoms. The highest BCUT2D eigenvalue weighted by Crippen LogP contribution is 2.28. The van der Waals surface area contributed by atoms with Crippen LogP contribution in [0.5, 0.6) is 0 Å². The molecule has 0 aliphatic carbocycles. The molecule has 0 aromatic heterocycles. The maximum absolute atomic E-state index is 12.5. The van der Waals surface area contributed by atoms with Crippen molar-refractivity contribution in [2.24, 2.45) is 5.92 Å². The summed E-state index contributed by atoms with van der Waals surface area (Å²) in [5.74, 6) is -1.32. The summed E-state index contributed by atoms with van der Waals surface area (Å²) in [5.41, 5.74) is 1.39. The normalized spacial score (nSPS) is 17.1. The van der Waals surface area contributed by atoms with Crippen molar-refractivity contribution in [3.05, 3.63) is 64.1 Å². The van der Waals surface area contributed by atoms with Crippen LogP contribution in [0.4, 0.5) is 5.69 Å². The summed E-state index contributed by atoms with van der Waals surface area (Å²) in [5, 5.41) is 5.98. The molecule has 0 saturated carbocycles.